The fourth-order valence-corrected chi connectivity index (χ4v) is 4.81. The molecule has 3 rings (SSSR count). The van der Waals surface area contributed by atoms with Gasteiger partial charge < -0.3 is 4.74 Å². The molecule has 0 unspecified atom stereocenters. The summed E-state index contributed by atoms with van der Waals surface area (Å²) in [6, 6.07) is 14.6. The minimum atomic E-state index is -4.15. The summed E-state index contributed by atoms with van der Waals surface area (Å²) in [5, 5.41) is 3.97. The van der Waals surface area contributed by atoms with E-state index in [2.05, 4.69) is 10.5 Å². The summed E-state index contributed by atoms with van der Waals surface area (Å²) >= 11 is 12.1. The number of sulfonamides is 1. The van der Waals surface area contributed by atoms with Gasteiger partial charge in [0.25, 0.3) is 15.9 Å². The van der Waals surface area contributed by atoms with Crippen molar-refractivity contribution in [3.8, 4) is 5.75 Å². The Morgan fingerprint density at radius 3 is 2.44 bits per heavy atom. The number of carbonyl (C=O) groups is 1. The molecule has 0 radical (unpaired) electrons. The minimum Gasteiger partial charge on any atom is -0.495 e. The van der Waals surface area contributed by atoms with Crippen LogP contribution < -0.4 is 14.5 Å². The quantitative estimate of drug-likeness (QED) is 0.339. The Balaban J connectivity index is 1.91. The van der Waals surface area contributed by atoms with Crippen LogP contribution in [0.15, 0.2) is 70.7 Å². The number of benzene rings is 3. The number of carbonyl (C=O) groups excluding carboxylic acids is 1. The van der Waals surface area contributed by atoms with E-state index in [9.17, 15) is 17.6 Å². The van der Waals surface area contributed by atoms with Crippen molar-refractivity contribution in [2.75, 3.05) is 18.0 Å². The van der Waals surface area contributed by atoms with Gasteiger partial charge in [0.1, 0.15) is 18.1 Å². The molecule has 178 valence electrons. The van der Waals surface area contributed by atoms with Crippen LogP contribution in [0, 0.1) is 12.7 Å². The summed E-state index contributed by atoms with van der Waals surface area (Å²) in [5.74, 6) is -1.05. The summed E-state index contributed by atoms with van der Waals surface area (Å²) in [5.41, 5.74) is 3.19. The molecule has 34 heavy (non-hydrogen) atoms. The van der Waals surface area contributed by atoms with Gasteiger partial charge in [-0.05, 0) is 49.4 Å². The van der Waals surface area contributed by atoms with Gasteiger partial charge in [-0.1, -0.05) is 47.0 Å². The summed E-state index contributed by atoms with van der Waals surface area (Å²) in [4.78, 5) is 12.6. The summed E-state index contributed by atoms with van der Waals surface area (Å²) in [6.07, 6.45) is 1.04. The minimum absolute atomic E-state index is 0.0144. The van der Waals surface area contributed by atoms with E-state index in [1.54, 1.807) is 12.1 Å². The Kier molecular flexibility index (Phi) is 8.14. The normalized spacial score (nSPS) is 11.4. The average molecular weight is 524 g/mol. The number of hydrogen-bond acceptors (Lipinski definition) is 5. The maximum atomic E-state index is 13.9. The smallest absolute Gasteiger partial charge is 0.264 e. The number of ether oxygens (including phenoxy) is 1. The molecule has 1 N–H and O–H groups in total. The highest BCUT2D eigenvalue weighted by molar-refractivity contribution is 7.92. The molecule has 0 aliphatic heterocycles. The lowest BCUT2D eigenvalue weighted by molar-refractivity contribution is -0.119. The van der Waals surface area contributed by atoms with Crippen molar-refractivity contribution in [3.63, 3.8) is 0 Å². The number of hydrogen-bond donors (Lipinski definition) is 1. The number of amides is 1. The summed E-state index contributed by atoms with van der Waals surface area (Å²) in [6.45, 7) is 1.20. The second-order valence-electron chi connectivity index (χ2n) is 7.07. The van der Waals surface area contributed by atoms with Gasteiger partial charge in [0.05, 0.1) is 34.0 Å². The molecule has 7 nitrogen and oxygen atoms in total. The third-order valence-electron chi connectivity index (χ3n) is 4.70. The van der Waals surface area contributed by atoms with Crippen LogP contribution in [0.2, 0.25) is 10.0 Å². The molecule has 0 heterocycles. The molecular weight excluding hydrogens is 504 g/mol. The first kappa shape index (κ1) is 25.5. The molecule has 0 bridgehead atoms. The van der Waals surface area contributed by atoms with Gasteiger partial charge in [-0.15, -0.1) is 0 Å². The van der Waals surface area contributed by atoms with Crippen LogP contribution in [0.5, 0.6) is 5.75 Å². The van der Waals surface area contributed by atoms with Crippen molar-refractivity contribution in [1.82, 2.24) is 5.43 Å². The first-order valence-electron chi connectivity index (χ1n) is 9.82. The second-order valence-corrected chi connectivity index (χ2v) is 9.75. The van der Waals surface area contributed by atoms with Crippen LogP contribution in [-0.4, -0.2) is 34.2 Å². The third-order valence-corrected chi connectivity index (χ3v) is 7.12. The summed E-state index contributed by atoms with van der Waals surface area (Å²) in [7, 11) is -2.73. The van der Waals surface area contributed by atoms with Crippen LogP contribution in [0.3, 0.4) is 0 Å². The zero-order chi connectivity index (χ0) is 24.9. The molecule has 0 aromatic heterocycles. The molecule has 0 fully saturated rings. The number of aryl methyl sites for hydroxylation is 1. The molecule has 0 saturated carbocycles. The van der Waals surface area contributed by atoms with Crippen molar-refractivity contribution in [1.29, 1.82) is 0 Å². The Morgan fingerprint density at radius 1 is 1.12 bits per heavy atom. The second kappa shape index (κ2) is 10.9. The van der Waals surface area contributed by atoms with Gasteiger partial charge >= 0.3 is 0 Å². The molecule has 0 saturated heterocycles. The number of nitrogens with zero attached hydrogens (tertiary/aromatic N) is 2. The van der Waals surface area contributed by atoms with Crippen molar-refractivity contribution >= 4 is 51.0 Å². The number of anilines is 1. The van der Waals surface area contributed by atoms with Crippen LogP contribution in [0.1, 0.15) is 11.1 Å². The molecule has 0 aliphatic rings. The molecular formula is C23H20Cl2FN3O4S. The van der Waals surface area contributed by atoms with E-state index in [4.69, 9.17) is 27.9 Å². The SMILES string of the molecule is COc1ccc(N(CC(=O)N/N=C\c2c(F)cccc2Cl)S(=O)(=O)c2ccc(C)cc2)cc1Cl. The lowest BCUT2D eigenvalue weighted by Crippen LogP contribution is -2.39. The fraction of sp³-hybridized carbons (Fsp3) is 0.130. The van der Waals surface area contributed by atoms with Crippen LogP contribution in [-0.2, 0) is 14.8 Å². The Morgan fingerprint density at radius 2 is 1.82 bits per heavy atom. The van der Waals surface area contributed by atoms with E-state index in [0.717, 1.165) is 16.1 Å². The van der Waals surface area contributed by atoms with Gasteiger partial charge in [0, 0.05) is 5.56 Å². The average Bonchev–Trinajstić information content (AvgIpc) is 2.79. The fourth-order valence-electron chi connectivity index (χ4n) is 2.93. The number of nitrogens with one attached hydrogen (secondary N) is 1. The molecule has 1 amide bonds. The monoisotopic (exact) mass is 523 g/mol. The van der Waals surface area contributed by atoms with Gasteiger partial charge in [0.15, 0.2) is 0 Å². The maximum absolute atomic E-state index is 13.9. The largest absolute Gasteiger partial charge is 0.495 e. The first-order valence-corrected chi connectivity index (χ1v) is 12.0. The number of halogens is 3. The standard InChI is InChI=1S/C23H20Cl2FN3O4S/c1-15-6-9-17(10-7-15)34(31,32)29(16-8-11-22(33-2)20(25)12-16)14-23(30)28-27-13-18-19(24)4-3-5-21(18)26/h3-13H,14H2,1-2H3,(H,28,30)/b27-13-. The van der Waals surface area contributed by atoms with Crippen molar-refractivity contribution in [3.05, 3.63) is 87.7 Å². The lowest BCUT2D eigenvalue weighted by atomic mass is 10.2. The van der Waals surface area contributed by atoms with Crippen molar-refractivity contribution in [2.24, 2.45) is 5.10 Å². The molecule has 0 spiro atoms. The van der Waals surface area contributed by atoms with E-state index in [-0.39, 0.29) is 26.2 Å². The Hall–Kier alpha value is -3.14. The van der Waals surface area contributed by atoms with E-state index < -0.39 is 28.3 Å². The summed E-state index contributed by atoms with van der Waals surface area (Å²) < 4.78 is 46.7. The van der Waals surface area contributed by atoms with Crippen LogP contribution >= 0.6 is 23.2 Å². The number of rotatable bonds is 8. The Labute approximate surface area is 206 Å². The highest BCUT2D eigenvalue weighted by atomic mass is 35.5. The number of hydrazone groups is 1. The zero-order valence-corrected chi connectivity index (χ0v) is 20.5. The lowest BCUT2D eigenvalue weighted by Gasteiger charge is -2.24. The highest BCUT2D eigenvalue weighted by Gasteiger charge is 2.28. The Bertz CT molecular complexity index is 1310. The third kappa shape index (κ3) is 5.85. The zero-order valence-electron chi connectivity index (χ0n) is 18.1. The van der Waals surface area contributed by atoms with Crippen molar-refractivity contribution in [2.45, 2.75) is 11.8 Å². The van der Waals surface area contributed by atoms with E-state index in [0.29, 0.717) is 5.75 Å². The van der Waals surface area contributed by atoms with Gasteiger partial charge in [-0.3, -0.25) is 9.10 Å². The predicted molar refractivity (Wildman–Crippen MR) is 131 cm³/mol. The van der Waals surface area contributed by atoms with Gasteiger partial charge in [0.2, 0.25) is 0 Å². The van der Waals surface area contributed by atoms with Crippen LogP contribution in [0.25, 0.3) is 0 Å². The predicted octanol–water partition coefficient (Wildman–Crippen LogP) is 4.80. The van der Waals surface area contributed by atoms with Gasteiger partial charge in [-0.2, -0.15) is 5.10 Å². The van der Waals surface area contributed by atoms with E-state index >= 15 is 0 Å². The molecule has 11 heteroatoms. The van der Waals surface area contributed by atoms with Gasteiger partial charge in [-0.25, -0.2) is 18.2 Å². The topological polar surface area (TPSA) is 88.1 Å². The molecule has 3 aromatic carbocycles. The maximum Gasteiger partial charge on any atom is 0.264 e. The molecule has 0 aliphatic carbocycles. The first-order chi connectivity index (χ1) is 16.1. The number of methoxy groups -OCH3 is 1. The van der Waals surface area contributed by atoms with E-state index in [1.165, 1.54) is 55.6 Å². The van der Waals surface area contributed by atoms with Crippen LogP contribution in [0.4, 0.5) is 10.1 Å². The van der Waals surface area contributed by atoms with Crippen molar-refractivity contribution < 1.29 is 22.3 Å². The highest BCUT2D eigenvalue weighted by Crippen LogP contribution is 2.32. The molecule has 0 atom stereocenters. The molecule has 3 aromatic rings. The van der Waals surface area contributed by atoms with E-state index in [1.807, 2.05) is 6.92 Å².